The zero-order chi connectivity index (χ0) is 25.7. The van der Waals surface area contributed by atoms with Crippen LogP contribution in [0.1, 0.15) is 126 Å². The second-order valence-electron chi connectivity index (χ2n) is 11.2. The Morgan fingerprint density at radius 2 is 0.946 bits per heavy atom. The van der Waals surface area contributed by atoms with Gasteiger partial charge in [0.05, 0.1) is 13.2 Å². The Labute approximate surface area is 226 Å². The Bertz CT molecular complexity index is 887. The molecule has 0 aliphatic carbocycles. The van der Waals surface area contributed by atoms with Crippen molar-refractivity contribution in [2.75, 3.05) is 13.2 Å². The van der Waals surface area contributed by atoms with Gasteiger partial charge in [-0.25, -0.2) is 0 Å². The van der Waals surface area contributed by atoms with Crippen molar-refractivity contribution in [1.29, 1.82) is 0 Å². The van der Waals surface area contributed by atoms with Crippen LogP contribution in [-0.4, -0.2) is 13.2 Å². The molecular formula is C34H50O3. The Morgan fingerprint density at radius 3 is 1.38 bits per heavy atom. The van der Waals surface area contributed by atoms with E-state index in [9.17, 15) is 0 Å². The first kappa shape index (κ1) is 27.9. The smallest absolute Gasteiger partial charge is 0.134 e. The van der Waals surface area contributed by atoms with Crippen LogP contribution in [0.25, 0.3) is 0 Å². The minimum atomic E-state index is 0.756. The van der Waals surface area contributed by atoms with Crippen molar-refractivity contribution >= 4 is 0 Å². The molecule has 37 heavy (non-hydrogen) atoms. The van der Waals surface area contributed by atoms with Gasteiger partial charge in [-0.1, -0.05) is 90.9 Å². The Kier molecular flexibility index (Phi) is 11.5. The quantitative estimate of drug-likeness (QED) is 0.188. The second-order valence-corrected chi connectivity index (χ2v) is 11.2. The molecule has 2 aliphatic rings. The first-order valence-corrected chi connectivity index (χ1v) is 15.5. The lowest BCUT2D eigenvalue weighted by atomic mass is 10.0. The largest absolute Gasteiger partial charge is 0.493 e. The highest BCUT2D eigenvalue weighted by atomic mass is 16.5. The van der Waals surface area contributed by atoms with Crippen LogP contribution in [0.5, 0.6) is 23.0 Å². The SMILES string of the molecule is CCCCCCCCCc1cc2c(c(Oc3cc(CCCCCCCCC)cc4c3CCO4)c1)CCO2. The van der Waals surface area contributed by atoms with Crippen LogP contribution in [0.3, 0.4) is 0 Å². The number of benzene rings is 2. The molecule has 0 fully saturated rings. The summed E-state index contributed by atoms with van der Waals surface area (Å²) in [6.45, 7) is 6.07. The van der Waals surface area contributed by atoms with Crippen LogP contribution in [0.4, 0.5) is 0 Å². The van der Waals surface area contributed by atoms with Crippen LogP contribution in [0, 0.1) is 0 Å². The van der Waals surface area contributed by atoms with Crippen molar-refractivity contribution in [2.45, 2.75) is 129 Å². The molecule has 0 saturated carbocycles. The summed E-state index contributed by atoms with van der Waals surface area (Å²) in [4.78, 5) is 0. The van der Waals surface area contributed by atoms with E-state index in [0.717, 1.165) is 61.9 Å². The number of hydrogen-bond donors (Lipinski definition) is 0. The zero-order valence-electron chi connectivity index (χ0n) is 23.7. The molecular weight excluding hydrogens is 456 g/mol. The molecule has 3 heteroatoms. The molecule has 3 nitrogen and oxygen atoms in total. The first-order valence-electron chi connectivity index (χ1n) is 15.5. The monoisotopic (exact) mass is 506 g/mol. The molecule has 0 bridgehead atoms. The maximum absolute atomic E-state index is 6.73. The average Bonchev–Trinajstić information content (AvgIpc) is 3.57. The molecule has 204 valence electrons. The Morgan fingerprint density at radius 1 is 0.541 bits per heavy atom. The minimum absolute atomic E-state index is 0.756. The third-order valence-electron chi connectivity index (χ3n) is 8.03. The topological polar surface area (TPSA) is 27.7 Å². The Hall–Kier alpha value is -2.16. The van der Waals surface area contributed by atoms with Gasteiger partial charge in [-0.05, 0) is 61.1 Å². The highest BCUT2D eigenvalue weighted by Gasteiger charge is 2.23. The van der Waals surface area contributed by atoms with Crippen LogP contribution in [0.15, 0.2) is 24.3 Å². The molecule has 0 amide bonds. The Balaban J connectivity index is 1.38. The highest BCUT2D eigenvalue weighted by Crippen LogP contribution is 2.42. The third-order valence-corrected chi connectivity index (χ3v) is 8.03. The lowest BCUT2D eigenvalue weighted by Crippen LogP contribution is -1.97. The fourth-order valence-electron chi connectivity index (χ4n) is 5.79. The van der Waals surface area contributed by atoms with Gasteiger partial charge in [-0.2, -0.15) is 0 Å². The van der Waals surface area contributed by atoms with Gasteiger partial charge < -0.3 is 14.2 Å². The van der Waals surface area contributed by atoms with Crippen molar-refractivity contribution in [3.05, 3.63) is 46.5 Å². The molecule has 0 saturated heterocycles. The molecule has 2 heterocycles. The second kappa shape index (κ2) is 15.3. The van der Waals surface area contributed by atoms with E-state index >= 15 is 0 Å². The summed E-state index contributed by atoms with van der Waals surface area (Å²) in [7, 11) is 0. The van der Waals surface area contributed by atoms with Gasteiger partial charge in [-0.15, -0.1) is 0 Å². The van der Waals surface area contributed by atoms with Crippen molar-refractivity contribution in [3.8, 4) is 23.0 Å². The molecule has 0 unspecified atom stereocenters. The number of rotatable bonds is 18. The maximum Gasteiger partial charge on any atom is 0.134 e. The fraction of sp³-hybridized carbons (Fsp3) is 0.647. The lowest BCUT2D eigenvalue weighted by molar-refractivity contribution is 0.356. The molecule has 0 N–H and O–H groups in total. The highest BCUT2D eigenvalue weighted by molar-refractivity contribution is 5.55. The molecule has 2 aromatic rings. The lowest BCUT2D eigenvalue weighted by Gasteiger charge is -2.16. The van der Waals surface area contributed by atoms with Crippen molar-refractivity contribution < 1.29 is 14.2 Å². The molecule has 4 rings (SSSR count). The van der Waals surface area contributed by atoms with Gasteiger partial charge in [0.1, 0.15) is 23.0 Å². The summed E-state index contributed by atoms with van der Waals surface area (Å²) < 4.78 is 18.7. The van der Waals surface area contributed by atoms with Gasteiger partial charge >= 0.3 is 0 Å². The van der Waals surface area contributed by atoms with Crippen molar-refractivity contribution in [3.63, 3.8) is 0 Å². The van der Waals surface area contributed by atoms with Crippen LogP contribution < -0.4 is 14.2 Å². The molecule has 0 radical (unpaired) electrons. The van der Waals surface area contributed by atoms with Crippen molar-refractivity contribution in [1.82, 2.24) is 0 Å². The molecule has 0 spiro atoms. The van der Waals surface area contributed by atoms with E-state index in [1.807, 2.05) is 0 Å². The predicted molar refractivity (Wildman–Crippen MR) is 155 cm³/mol. The summed E-state index contributed by atoms with van der Waals surface area (Å²) in [5, 5.41) is 0. The van der Waals surface area contributed by atoms with Crippen molar-refractivity contribution in [2.24, 2.45) is 0 Å². The molecule has 0 atom stereocenters. The van der Waals surface area contributed by atoms with E-state index < -0.39 is 0 Å². The predicted octanol–water partition coefficient (Wildman–Crippen LogP) is 9.93. The van der Waals surface area contributed by atoms with E-state index in [1.54, 1.807) is 0 Å². The van der Waals surface area contributed by atoms with Gasteiger partial charge in [0.15, 0.2) is 0 Å². The van der Waals surface area contributed by atoms with E-state index in [0.29, 0.717) is 0 Å². The van der Waals surface area contributed by atoms with E-state index in [-0.39, 0.29) is 0 Å². The zero-order valence-corrected chi connectivity index (χ0v) is 23.7. The summed E-state index contributed by atoms with van der Waals surface area (Å²) in [6.07, 6.45) is 22.7. The number of ether oxygens (including phenoxy) is 3. The summed E-state index contributed by atoms with van der Waals surface area (Å²) in [6, 6.07) is 9.10. The maximum atomic E-state index is 6.73. The average molecular weight is 507 g/mol. The fourth-order valence-corrected chi connectivity index (χ4v) is 5.79. The van der Waals surface area contributed by atoms with Gasteiger partial charge in [0.25, 0.3) is 0 Å². The normalized spacial score (nSPS) is 13.8. The van der Waals surface area contributed by atoms with E-state index in [1.165, 1.54) is 112 Å². The van der Waals surface area contributed by atoms with Gasteiger partial charge in [0.2, 0.25) is 0 Å². The van der Waals surface area contributed by atoms with Crippen LogP contribution in [-0.2, 0) is 25.7 Å². The summed E-state index contributed by atoms with van der Waals surface area (Å²) >= 11 is 0. The van der Waals surface area contributed by atoms with Gasteiger partial charge in [-0.3, -0.25) is 0 Å². The molecule has 2 aliphatic heterocycles. The van der Waals surface area contributed by atoms with Gasteiger partial charge in [0, 0.05) is 24.0 Å². The molecule has 2 aromatic carbocycles. The number of fused-ring (bicyclic) bond motifs is 2. The minimum Gasteiger partial charge on any atom is -0.493 e. The number of hydrogen-bond acceptors (Lipinski definition) is 3. The molecule has 0 aromatic heterocycles. The number of aryl methyl sites for hydroxylation is 2. The number of unbranched alkanes of at least 4 members (excludes halogenated alkanes) is 12. The van der Waals surface area contributed by atoms with E-state index in [2.05, 4.69) is 38.1 Å². The first-order chi connectivity index (χ1) is 18.3. The standard InChI is InChI=1S/C34H50O3/c1-3-5-7-9-11-13-15-17-27-23-31-29(19-21-35-31)33(25-27)37-34-26-28(24-32-30(34)20-22-36-32)18-16-14-12-10-8-6-4-2/h23-26H,3-22H2,1-2H3. The van der Waals surface area contributed by atoms with Crippen LogP contribution >= 0.6 is 0 Å². The van der Waals surface area contributed by atoms with Crippen LogP contribution in [0.2, 0.25) is 0 Å². The summed E-state index contributed by atoms with van der Waals surface area (Å²) in [5.41, 5.74) is 5.15. The van der Waals surface area contributed by atoms with E-state index in [4.69, 9.17) is 14.2 Å². The third kappa shape index (κ3) is 8.42. The summed E-state index contributed by atoms with van der Waals surface area (Å²) in [5.74, 6) is 4.05.